The number of aromatic nitrogens is 3. The van der Waals surface area contributed by atoms with Gasteiger partial charge in [0, 0.05) is 23.5 Å². The second-order valence-electron chi connectivity index (χ2n) is 7.48. The van der Waals surface area contributed by atoms with E-state index in [9.17, 15) is 4.79 Å². The second-order valence-corrected chi connectivity index (χ2v) is 7.48. The van der Waals surface area contributed by atoms with Crippen LogP contribution in [0.3, 0.4) is 0 Å². The van der Waals surface area contributed by atoms with E-state index < -0.39 is 0 Å². The van der Waals surface area contributed by atoms with E-state index in [1.807, 2.05) is 97.1 Å². The number of fused-ring (bicyclic) bond motifs is 1. The SMILES string of the molecule is O=c1c2ccccc2nc(/C=C/c2ccccc2OCc2cccnc2)n1-c1ccccc1. The summed E-state index contributed by atoms with van der Waals surface area (Å²) in [5, 5.41) is 0.582. The largest absolute Gasteiger partial charge is 0.488 e. The van der Waals surface area contributed by atoms with Gasteiger partial charge in [-0.05, 0) is 48.6 Å². The number of hydrogen-bond acceptors (Lipinski definition) is 4. The van der Waals surface area contributed by atoms with Crippen LogP contribution in [0.4, 0.5) is 0 Å². The first-order valence-corrected chi connectivity index (χ1v) is 10.7. The molecular weight excluding hydrogens is 410 g/mol. The summed E-state index contributed by atoms with van der Waals surface area (Å²) >= 11 is 0. The fraction of sp³-hybridized carbons (Fsp3) is 0.0357. The molecule has 33 heavy (non-hydrogen) atoms. The molecule has 0 saturated carbocycles. The monoisotopic (exact) mass is 431 g/mol. The lowest BCUT2D eigenvalue weighted by molar-refractivity contribution is 0.305. The van der Waals surface area contributed by atoms with Crippen molar-refractivity contribution in [3.63, 3.8) is 0 Å². The van der Waals surface area contributed by atoms with Gasteiger partial charge >= 0.3 is 0 Å². The molecule has 0 N–H and O–H groups in total. The topological polar surface area (TPSA) is 57.0 Å². The van der Waals surface area contributed by atoms with Gasteiger partial charge in [0.2, 0.25) is 0 Å². The van der Waals surface area contributed by atoms with Gasteiger partial charge in [0.25, 0.3) is 5.56 Å². The van der Waals surface area contributed by atoms with Gasteiger partial charge in [-0.15, -0.1) is 0 Å². The summed E-state index contributed by atoms with van der Waals surface area (Å²) in [7, 11) is 0. The average molecular weight is 431 g/mol. The molecule has 0 atom stereocenters. The first-order chi connectivity index (χ1) is 16.3. The number of rotatable bonds is 6. The van der Waals surface area contributed by atoms with Crippen molar-refractivity contribution in [2.75, 3.05) is 0 Å². The van der Waals surface area contributed by atoms with Crippen molar-refractivity contribution in [3.8, 4) is 11.4 Å². The molecule has 5 aromatic rings. The number of hydrogen-bond donors (Lipinski definition) is 0. The van der Waals surface area contributed by atoms with Gasteiger partial charge in [-0.2, -0.15) is 0 Å². The maximum absolute atomic E-state index is 13.3. The van der Waals surface area contributed by atoms with E-state index >= 15 is 0 Å². The molecule has 0 unspecified atom stereocenters. The molecule has 5 nitrogen and oxygen atoms in total. The van der Waals surface area contributed by atoms with E-state index in [0.717, 1.165) is 22.6 Å². The highest BCUT2D eigenvalue weighted by atomic mass is 16.5. The molecule has 160 valence electrons. The predicted molar refractivity (Wildman–Crippen MR) is 131 cm³/mol. The van der Waals surface area contributed by atoms with Gasteiger partial charge < -0.3 is 4.74 Å². The summed E-state index contributed by atoms with van der Waals surface area (Å²) in [5.41, 5.74) is 3.21. The average Bonchev–Trinajstić information content (AvgIpc) is 2.88. The molecule has 5 rings (SSSR count). The molecule has 0 aliphatic heterocycles. The maximum atomic E-state index is 13.3. The summed E-state index contributed by atoms with van der Waals surface area (Å²) in [5.74, 6) is 1.29. The van der Waals surface area contributed by atoms with Crippen molar-refractivity contribution in [1.29, 1.82) is 0 Å². The highest BCUT2D eigenvalue weighted by molar-refractivity contribution is 5.80. The molecule has 0 saturated heterocycles. The third-order valence-corrected chi connectivity index (χ3v) is 5.26. The molecule has 2 aromatic heterocycles. The maximum Gasteiger partial charge on any atom is 0.266 e. The zero-order valence-corrected chi connectivity index (χ0v) is 17.8. The zero-order valence-electron chi connectivity index (χ0n) is 17.8. The fourth-order valence-corrected chi connectivity index (χ4v) is 3.65. The van der Waals surface area contributed by atoms with Crippen LogP contribution in [0.2, 0.25) is 0 Å². The summed E-state index contributed by atoms with van der Waals surface area (Å²) in [6, 6.07) is 28.6. The lowest BCUT2D eigenvalue weighted by Crippen LogP contribution is -2.22. The molecule has 0 amide bonds. The van der Waals surface area contributed by atoms with Crippen molar-refractivity contribution >= 4 is 23.1 Å². The summed E-state index contributed by atoms with van der Waals surface area (Å²) < 4.78 is 7.68. The molecule has 0 fully saturated rings. The lowest BCUT2D eigenvalue weighted by atomic mass is 10.1. The molecule has 0 radical (unpaired) electrons. The van der Waals surface area contributed by atoms with E-state index in [0.29, 0.717) is 23.3 Å². The summed E-state index contributed by atoms with van der Waals surface area (Å²) in [4.78, 5) is 22.3. The minimum absolute atomic E-state index is 0.104. The standard InChI is InChI=1S/C28H21N3O2/c32-28-24-13-5-6-14-25(24)30-27(31(28)23-11-2-1-3-12-23)17-16-22-10-4-7-15-26(22)33-20-21-9-8-18-29-19-21/h1-19H,20H2/b17-16+. The molecule has 0 bridgehead atoms. The van der Waals surface area contributed by atoms with Crippen LogP contribution in [-0.4, -0.2) is 14.5 Å². The summed E-state index contributed by atoms with van der Waals surface area (Å²) in [6.07, 6.45) is 7.31. The van der Waals surface area contributed by atoms with Crippen LogP contribution in [0.15, 0.2) is 108 Å². The molecular formula is C28H21N3O2. The van der Waals surface area contributed by atoms with Crippen LogP contribution >= 0.6 is 0 Å². The van der Waals surface area contributed by atoms with Crippen molar-refractivity contribution in [2.45, 2.75) is 6.61 Å². The van der Waals surface area contributed by atoms with Gasteiger partial charge in [0.15, 0.2) is 0 Å². The normalized spacial score (nSPS) is 11.2. The van der Waals surface area contributed by atoms with E-state index in [2.05, 4.69) is 4.98 Å². The second kappa shape index (κ2) is 9.32. The van der Waals surface area contributed by atoms with Crippen molar-refractivity contribution in [2.24, 2.45) is 0 Å². The van der Waals surface area contributed by atoms with Crippen molar-refractivity contribution in [1.82, 2.24) is 14.5 Å². The number of para-hydroxylation sites is 3. The Labute approximate surface area is 191 Å². The molecule has 5 heteroatoms. The number of nitrogens with zero attached hydrogens (tertiary/aromatic N) is 3. The third-order valence-electron chi connectivity index (χ3n) is 5.26. The van der Waals surface area contributed by atoms with Gasteiger partial charge in [-0.1, -0.05) is 54.6 Å². The van der Waals surface area contributed by atoms with E-state index in [-0.39, 0.29) is 5.56 Å². The van der Waals surface area contributed by atoms with Crippen molar-refractivity contribution in [3.05, 3.63) is 131 Å². The minimum atomic E-state index is -0.104. The Morgan fingerprint density at radius 1 is 0.818 bits per heavy atom. The van der Waals surface area contributed by atoms with Crippen molar-refractivity contribution < 1.29 is 4.74 Å². The number of ether oxygens (including phenoxy) is 1. The van der Waals surface area contributed by atoms with Crippen LogP contribution < -0.4 is 10.3 Å². The van der Waals surface area contributed by atoms with Gasteiger partial charge in [-0.3, -0.25) is 14.3 Å². The Morgan fingerprint density at radius 2 is 1.61 bits per heavy atom. The van der Waals surface area contributed by atoms with E-state index in [1.165, 1.54) is 0 Å². The fourth-order valence-electron chi connectivity index (χ4n) is 3.65. The van der Waals surface area contributed by atoms with Gasteiger partial charge in [-0.25, -0.2) is 4.98 Å². The molecule has 2 heterocycles. The van der Waals surface area contributed by atoms with Crippen LogP contribution in [0, 0.1) is 0 Å². The van der Waals surface area contributed by atoms with E-state index in [1.54, 1.807) is 23.0 Å². The van der Waals surface area contributed by atoms with Crippen LogP contribution in [-0.2, 0) is 6.61 Å². The number of pyridine rings is 1. The molecule has 0 aliphatic carbocycles. The van der Waals surface area contributed by atoms with Crippen LogP contribution in [0.5, 0.6) is 5.75 Å². The van der Waals surface area contributed by atoms with Gasteiger partial charge in [0.1, 0.15) is 18.2 Å². The molecule has 0 aliphatic rings. The highest BCUT2D eigenvalue weighted by Crippen LogP contribution is 2.22. The Hall–Kier alpha value is -4.51. The Balaban J connectivity index is 1.55. The Kier molecular flexibility index (Phi) is 5.76. The Bertz CT molecular complexity index is 1480. The van der Waals surface area contributed by atoms with Crippen LogP contribution in [0.25, 0.3) is 28.7 Å². The highest BCUT2D eigenvalue weighted by Gasteiger charge is 2.11. The predicted octanol–water partition coefficient (Wildman–Crippen LogP) is 5.53. The van der Waals surface area contributed by atoms with Gasteiger partial charge in [0.05, 0.1) is 16.6 Å². The van der Waals surface area contributed by atoms with E-state index in [4.69, 9.17) is 9.72 Å². The lowest BCUT2D eigenvalue weighted by Gasteiger charge is -2.12. The first kappa shape index (κ1) is 20.4. The third kappa shape index (κ3) is 4.43. The molecule has 3 aromatic carbocycles. The van der Waals surface area contributed by atoms with Crippen LogP contribution in [0.1, 0.15) is 17.0 Å². The Morgan fingerprint density at radius 3 is 2.45 bits per heavy atom. The minimum Gasteiger partial charge on any atom is -0.488 e. The number of benzene rings is 3. The molecule has 0 spiro atoms. The first-order valence-electron chi connectivity index (χ1n) is 10.7. The smallest absolute Gasteiger partial charge is 0.266 e. The zero-order chi connectivity index (χ0) is 22.5. The quantitative estimate of drug-likeness (QED) is 0.355. The summed E-state index contributed by atoms with van der Waals surface area (Å²) in [6.45, 7) is 0.418.